The van der Waals surface area contributed by atoms with E-state index in [-0.39, 0.29) is 31.0 Å². The lowest BCUT2D eigenvalue weighted by molar-refractivity contribution is -0.155. The van der Waals surface area contributed by atoms with E-state index in [4.69, 9.17) is 9.47 Å². The number of rotatable bonds is 11. The van der Waals surface area contributed by atoms with Crippen molar-refractivity contribution in [3.05, 3.63) is 35.9 Å². The molecule has 0 aliphatic heterocycles. The van der Waals surface area contributed by atoms with Gasteiger partial charge in [-0.05, 0) is 18.9 Å². The number of alkyl carbamates (subject to hydrolysis) is 1. The Kier molecular flexibility index (Phi) is 10.7. The molecule has 0 radical (unpaired) electrons. The van der Waals surface area contributed by atoms with Crippen LogP contribution < -0.4 is 10.6 Å². The molecule has 7 nitrogen and oxygen atoms in total. The first-order valence-corrected chi connectivity index (χ1v) is 9.75. The number of nitrogens with one attached hydrogen (secondary N) is 2. The molecule has 3 atom stereocenters. The SMILES string of the molecule is CCCC[C@@H](OC(=O)[C@H](C)NC(=O)OCc1ccccc1)[C@@H](C)CC(=O)NC. The van der Waals surface area contributed by atoms with E-state index in [0.29, 0.717) is 6.42 Å². The van der Waals surface area contributed by atoms with Gasteiger partial charge in [0, 0.05) is 19.4 Å². The molecule has 1 aromatic rings. The van der Waals surface area contributed by atoms with Gasteiger partial charge in [0.25, 0.3) is 0 Å². The van der Waals surface area contributed by atoms with Crippen LogP contribution in [0.25, 0.3) is 0 Å². The molecule has 0 heterocycles. The lowest BCUT2D eigenvalue weighted by Gasteiger charge is -2.25. The summed E-state index contributed by atoms with van der Waals surface area (Å²) in [5.74, 6) is -0.755. The van der Waals surface area contributed by atoms with Crippen molar-refractivity contribution in [1.82, 2.24) is 10.6 Å². The zero-order valence-corrected chi connectivity index (χ0v) is 17.2. The van der Waals surface area contributed by atoms with Crippen molar-refractivity contribution in [2.24, 2.45) is 5.92 Å². The van der Waals surface area contributed by atoms with Crippen LogP contribution in [-0.2, 0) is 25.7 Å². The molecule has 2 amide bonds. The first kappa shape index (κ1) is 23.5. The van der Waals surface area contributed by atoms with E-state index in [1.165, 1.54) is 0 Å². The van der Waals surface area contributed by atoms with Gasteiger partial charge < -0.3 is 20.1 Å². The van der Waals surface area contributed by atoms with E-state index in [2.05, 4.69) is 17.6 Å². The van der Waals surface area contributed by atoms with Crippen molar-refractivity contribution >= 4 is 18.0 Å². The van der Waals surface area contributed by atoms with Gasteiger partial charge in [0.15, 0.2) is 0 Å². The van der Waals surface area contributed by atoms with E-state index in [0.717, 1.165) is 18.4 Å². The number of carbonyl (C=O) groups is 3. The van der Waals surface area contributed by atoms with Gasteiger partial charge in [0.1, 0.15) is 18.8 Å². The first-order chi connectivity index (χ1) is 13.4. The second-order valence-corrected chi connectivity index (χ2v) is 6.90. The number of esters is 1. The molecule has 0 aliphatic carbocycles. The predicted octanol–water partition coefficient (Wildman–Crippen LogP) is 3.18. The quantitative estimate of drug-likeness (QED) is 0.564. The third-order valence-electron chi connectivity index (χ3n) is 4.43. The zero-order valence-electron chi connectivity index (χ0n) is 17.2. The van der Waals surface area contributed by atoms with E-state index < -0.39 is 18.1 Å². The molecular formula is C21H32N2O5. The molecule has 1 rings (SSSR count). The molecule has 156 valence electrons. The lowest BCUT2D eigenvalue weighted by atomic mass is 9.96. The molecule has 0 bridgehead atoms. The normalized spacial score (nSPS) is 13.7. The molecule has 0 saturated heterocycles. The average molecular weight is 392 g/mol. The van der Waals surface area contributed by atoms with Gasteiger partial charge in [-0.25, -0.2) is 9.59 Å². The van der Waals surface area contributed by atoms with Crippen molar-refractivity contribution in [2.75, 3.05) is 7.05 Å². The summed E-state index contributed by atoms with van der Waals surface area (Å²) in [6, 6.07) is 8.43. The van der Waals surface area contributed by atoms with Crippen LogP contribution in [0, 0.1) is 5.92 Å². The summed E-state index contributed by atoms with van der Waals surface area (Å²) in [6.07, 6.45) is 1.73. The summed E-state index contributed by atoms with van der Waals surface area (Å²) in [4.78, 5) is 35.9. The molecule has 2 N–H and O–H groups in total. The highest BCUT2D eigenvalue weighted by molar-refractivity contribution is 5.81. The number of carbonyl (C=O) groups excluding carboxylic acids is 3. The van der Waals surface area contributed by atoms with Crippen LogP contribution in [0.3, 0.4) is 0 Å². The van der Waals surface area contributed by atoms with Gasteiger partial charge in [-0.3, -0.25) is 4.79 Å². The largest absolute Gasteiger partial charge is 0.461 e. The second-order valence-electron chi connectivity index (χ2n) is 6.90. The van der Waals surface area contributed by atoms with Crippen molar-refractivity contribution in [1.29, 1.82) is 0 Å². The third kappa shape index (κ3) is 8.88. The molecular weight excluding hydrogens is 360 g/mol. The van der Waals surface area contributed by atoms with Crippen LogP contribution in [0.4, 0.5) is 4.79 Å². The molecule has 1 aromatic carbocycles. The van der Waals surface area contributed by atoms with Gasteiger partial charge in [-0.2, -0.15) is 0 Å². The van der Waals surface area contributed by atoms with Gasteiger partial charge in [0.05, 0.1) is 0 Å². The number of hydrogen-bond donors (Lipinski definition) is 2. The Hall–Kier alpha value is -2.57. The Bertz CT molecular complexity index is 620. The summed E-state index contributed by atoms with van der Waals surface area (Å²) in [7, 11) is 1.58. The lowest BCUT2D eigenvalue weighted by Crippen LogP contribution is -2.42. The number of amides is 2. The molecule has 7 heteroatoms. The van der Waals surface area contributed by atoms with Crippen molar-refractivity contribution in [2.45, 2.75) is 65.2 Å². The minimum absolute atomic E-state index is 0.0966. The zero-order chi connectivity index (χ0) is 20.9. The van der Waals surface area contributed by atoms with E-state index in [9.17, 15) is 14.4 Å². The molecule has 0 aliphatic rings. The fourth-order valence-electron chi connectivity index (χ4n) is 2.64. The summed E-state index contributed by atoms with van der Waals surface area (Å²) in [5, 5.41) is 5.07. The standard InChI is InChI=1S/C21H32N2O5/c1-5-6-12-18(15(2)13-19(24)22-4)28-20(25)16(3)23-21(26)27-14-17-10-8-7-9-11-17/h7-11,15-16,18H,5-6,12-14H2,1-4H3,(H,22,24)(H,23,26)/t15-,16-,18+/m0/s1. The minimum Gasteiger partial charge on any atom is -0.461 e. The topological polar surface area (TPSA) is 93.7 Å². The van der Waals surface area contributed by atoms with Crippen LogP contribution in [0.1, 0.15) is 52.0 Å². The molecule has 0 spiro atoms. The van der Waals surface area contributed by atoms with Gasteiger partial charge in [-0.1, -0.05) is 57.0 Å². The highest BCUT2D eigenvalue weighted by Crippen LogP contribution is 2.19. The predicted molar refractivity (Wildman–Crippen MR) is 106 cm³/mol. The molecule has 28 heavy (non-hydrogen) atoms. The Morgan fingerprint density at radius 3 is 2.39 bits per heavy atom. The van der Waals surface area contributed by atoms with Crippen molar-refractivity contribution < 1.29 is 23.9 Å². The van der Waals surface area contributed by atoms with Crippen molar-refractivity contribution in [3.63, 3.8) is 0 Å². The molecule has 0 unspecified atom stereocenters. The maximum absolute atomic E-state index is 12.4. The fourth-order valence-corrected chi connectivity index (χ4v) is 2.64. The van der Waals surface area contributed by atoms with E-state index in [1.54, 1.807) is 14.0 Å². The number of benzene rings is 1. The first-order valence-electron chi connectivity index (χ1n) is 9.75. The number of unbranched alkanes of at least 4 members (excludes halogenated alkanes) is 1. The van der Waals surface area contributed by atoms with Gasteiger partial charge in [-0.15, -0.1) is 0 Å². The third-order valence-corrected chi connectivity index (χ3v) is 4.43. The smallest absolute Gasteiger partial charge is 0.408 e. The Balaban J connectivity index is 2.52. The highest BCUT2D eigenvalue weighted by Gasteiger charge is 2.26. The van der Waals surface area contributed by atoms with Crippen LogP contribution >= 0.6 is 0 Å². The molecule has 0 aromatic heterocycles. The van der Waals surface area contributed by atoms with Crippen LogP contribution in [0.5, 0.6) is 0 Å². The molecule has 0 fully saturated rings. The Morgan fingerprint density at radius 2 is 1.79 bits per heavy atom. The summed E-state index contributed by atoms with van der Waals surface area (Å²) in [6.45, 7) is 5.60. The van der Waals surface area contributed by atoms with Crippen LogP contribution in [0.2, 0.25) is 0 Å². The number of hydrogen-bond acceptors (Lipinski definition) is 5. The van der Waals surface area contributed by atoms with Gasteiger partial charge in [0.2, 0.25) is 5.91 Å². The maximum atomic E-state index is 12.4. The van der Waals surface area contributed by atoms with E-state index >= 15 is 0 Å². The highest BCUT2D eigenvalue weighted by atomic mass is 16.6. The number of ether oxygens (including phenoxy) is 2. The van der Waals surface area contributed by atoms with E-state index in [1.807, 2.05) is 37.3 Å². The monoisotopic (exact) mass is 392 g/mol. The Labute approximate surface area is 167 Å². The second kappa shape index (κ2) is 12.8. The summed E-state index contributed by atoms with van der Waals surface area (Å²) >= 11 is 0. The average Bonchev–Trinajstić information content (AvgIpc) is 2.69. The fraction of sp³-hybridized carbons (Fsp3) is 0.571. The van der Waals surface area contributed by atoms with Gasteiger partial charge >= 0.3 is 12.1 Å². The maximum Gasteiger partial charge on any atom is 0.408 e. The minimum atomic E-state index is -0.848. The van der Waals surface area contributed by atoms with Crippen LogP contribution in [0.15, 0.2) is 30.3 Å². The summed E-state index contributed by atoms with van der Waals surface area (Å²) < 4.78 is 10.7. The Morgan fingerprint density at radius 1 is 1.11 bits per heavy atom. The van der Waals surface area contributed by atoms with Crippen molar-refractivity contribution in [3.8, 4) is 0 Å². The summed E-state index contributed by atoms with van der Waals surface area (Å²) in [5.41, 5.74) is 0.857. The van der Waals surface area contributed by atoms with Crippen LogP contribution in [-0.4, -0.2) is 37.2 Å². The molecule has 0 saturated carbocycles.